The molecule has 0 saturated carbocycles. The monoisotopic (exact) mass is 451 g/mol. The van der Waals surface area contributed by atoms with Crippen LogP contribution in [0.25, 0.3) is 0 Å². The van der Waals surface area contributed by atoms with Gasteiger partial charge >= 0.3 is 6.18 Å². The molecule has 0 bridgehead atoms. The van der Waals surface area contributed by atoms with Gasteiger partial charge < -0.3 is 10.6 Å². The number of halogens is 4. The van der Waals surface area contributed by atoms with Crippen LogP contribution < -0.4 is 5.73 Å². The van der Waals surface area contributed by atoms with Crippen LogP contribution in [0.3, 0.4) is 0 Å². The first kappa shape index (κ1) is 20.6. The molecule has 1 aliphatic rings. The van der Waals surface area contributed by atoms with Crippen molar-refractivity contribution in [1.29, 1.82) is 0 Å². The molecule has 1 aromatic rings. The van der Waals surface area contributed by atoms with Gasteiger partial charge in [0.15, 0.2) is 5.96 Å². The highest BCUT2D eigenvalue weighted by molar-refractivity contribution is 14.0. The number of likely N-dealkylation sites (tertiary alicyclic amines) is 1. The van der Waals surface area contributed by atoms with Crippen LogP contribution in [0.15, 0.2) is 29.3 Å². The van der Waals surface area contributed by atoms with Gasteiger partial charge in [-0.15, -0.1) is 24.0 Å². The van der Waals surface area contributed by atoms with Crippen LogP contribution in [0.5, 0.6) is 0 Å². The smallest absolute Gasteiger partial charge is 0.370 e. The molecule has 1 aliphatic heterocycles. The van der Waals surface area contributed by atoms with Gasteiger partial charge in [0.1, 0.15) is 6.54 Å². The summed E-state index contributed by atoms with van der Waals surface area (Å²) in [4.78, 5) is 6.20. The molecule has 1 heterocycles. The Kier molecular flexibility index (Phi) is 7.87. The Balaban J connectivity index is 0.00000288. The third-order valence-corrected chi connectivity index (χ3v) is 3.85. The summed E-state index contributed by atoms with van der Waals surface area (Å²) in [5, 5.41) is 0. The molecule has 132 valence electrons. The lowest BCUT2D eigenvalue weighted by molar-refractivity contribution is -0.137. The quantitative estimate of drug-likeness (QED) is 0.306. The normalized spacial score (nSPS) is 16.2. The summed E-state index contributed by atoms with van der Waals surface area (Å²) in [6, 6.07) is 4.95. The van der Waals surface area contributed by atoms with Crippen molar-refractivity contribution < 1.29 is 13.2 Å². The zero-order valence-electron chi connectivity index (χ0n) is 13.4. The Hall–Kier alpha value is -1.43. The lowest BCUT2D eigenvalue weighted by Gasteiger charge is -2.30. The van der Waals surface area contributed by atoms with Crippen molar-refractivity contribution >= 4 is 29.9 Å². The minimum Gasteiger partial charge on any atom is -0.370 e. The van der Waals surface area contributed by atoms with Crippen LogP contribution in [-0.4, -0.2) is 30.5 Å². The van der Waals surface area contributed by atoms with Crippen LogP contribution in [0.4, 0.5) is 13.2 Å². The van der Waals surface area contributed by atoms with Crippen LogP contribution >= 0.6 is 24.0 Å². The molecule has 0 radical (unpaired) electrons. The number of piperidine rings is 1. The fraction of sp³-hybridized carbons (Fsp3) is 0.471. The Morgan fingerprint density at radius 3 is 2.62 bits per heavy atom. The predicted octanol–water partition coefficient (Wildman–Crippen LogP) is 3.72. The number of nitrogens with two attached hydrogens (primary N) is 1. The van der Waals surface area contributed by atoms with Gasteiger partial charge in [-0.3, -0.25) is 0 Å². The second kappa shape index (κ2) is 9.16. The first-order valence-electron chi connectivity index (χ1n) is 7.57. The molecule has 1 fully saturated rings. The number of guanidine groups is 1. The maximum absolute atomic E-state index is 12.6. The van der Waals surface area contributed by atoms with Crippen molar-refractivity contribution in [1.82, 2.24) is 4.90 Å². The van der Waals surface area contributed by atoms with E-state index in [1.165, 1.54) is 6.07 Å². The average molecular weight is 451 g/mol. The molecular formula is C17H21F3IN3. The van der Waals surface area contributed by atoms with Crippen molar-refractivity contribution in [3.63, 3.8) is 0 Å². The zero-order valence-corrected chi connectivity index (χ0v) is 15.8. The number of benzene rings is 1. The van der Waals surface area contributed by atoms with E-state index in [1.807, 2.05) is 4.90 Å². The minimum absolute atomic E-state index is 0. The topological polar surface area (TPSA) is 41.6 Å². The molecule has 1 saturated heterocycles. The molecular weight excluding hydrogens is 430 g/mol. The van der Waals surface area contributed by atoms with Gasteiger partial charge in [-0.1, -0.05) is 24.8 Å². The van der Waals surface area contributed by atoms with E-state index >= 15 is 0 Å². The number of nitrogens with zero attached hydrogens (tertiary/aromatic N) is 2. The number of aliphatic imine (C=N–C) groups is 1. The van der Waals surface area contributed by atoms with E-state index in [9.17, 15) is 13.2 Å². The molecule has 3 nitrogen and oxygen atoms in total. The first-order chi connectivity index (χ1) is 10.9. The zero-order chi connectivity index (χ0) is 16.9. The number of rotatable bonds is 1. The summed E-state index contributed by atoms with van der Waals surface area (Å²) in [7, 11) is 0. The highest BCUT2D eigenvalue weighted by atomic mass is 127. The number of hydrogen-bond donors (Lipinski definition) is 1. The molecule has 7 heteroatoms. The molecule has 0 spiro atoms. The lowest BCUT2D eigenvalue weighted by Crippen LogP contribution is -2.42. The highest BCUT2D eigenvalue weighted by Crippen LogP contribution is 2.29. The van der Waals surface area contributed by atoms with E-state index in [0.717, 1.165) is 38.1 Å². The molecule has 0 unspecified atom stereocenters. The summed E-state index contributed by atoms with van der Waals surface area (Å²) in [6.45, 7) is 4.16. The van der Waals surface area contributed by atoms with E-state index < -0.39 is 11.7 Å². The van der Waals surface area contributed by atoms with E-state index in [0.29, 0.717) is 17.4 Å². The van der Waals surface area contributed by atoms with Gasteiger partial charge in [0, 0.05) is 18.7 Å². The average Bonchev–Trinajstić information content (AvgIpc) is 2.51. The van der Waals surface area contributed by atoms with Gasteiger partial charge in [0.2, 0.25) is 0 Å². The van der Waals surface area contributed by atoms with Crippen molar-refractivity contribution in [2.45, 2.75) is 25.9 Å². The minimum atomic E-state index is -4.36. The first-order valence-corrected chi connectivity index (χ1v) is 7.57. The van der Waals surface area contributed by atoms with Crippen LogP contribution in [-0.2, 0) is 6.18 Å². The molecule has 0 amide bonds. The summed E-state index contributed by atoms with van der Waals surface area (Å²) in [6.07, 6.45) is -2.18. The molecule has 2 N–H and O–H groups in total. The largest absolute Gasteiger partial charge is 0.416 e. The van der Waals surface area contributed by atoms with Crippen molar-refractivity contribution in [2.24, 2.45) is 16.6 Å². The van der Waals surface area contributed by atoms with Crippen LogP contribution in [0, 0.1) is 17.8 Å². The summed E-state index contributed by atoms with van der Waals surface area (Å²) < 4.78 is 37.8. The summed E-state index contributed by atoms with van der Waals surface area (Å²) in [5.74, 6) is 6.60. The Labute approximate surface area is 157 Å². The second-order valence-corrected chi connectivity index (χ2v) is 5.72. The van der Waals surface area contributed by atoms with E-state index in [-0.39, 0.29) is 30.5 Å². The molecule has 24 heavy (non-hydrogen) atoms. The number of alkyl halides is 3. The third-order valence-electron chi connectivity index (χ3n) is 3.85. The second-order valence-electron chi connectivity index (χ2n) is 5.72. The Bertz CT molecular complexity index is 624. The van der Waals surface area contributed by atoms with Gasteiger partial charge in [0.05, 0.1) is 5.56 Å². The lowest BCUT2D eigenvalue weighted by atomic mass is 10.00. The number of hydrogen-bond acceptors (Lipinski definition) is 1. The highest BCUT2D eigenvalue weighted by Gasteiger charge is 2.30. The van der Waals surface area contributed by atoms with Crippen LogP contribution in [0.2, 0.25) is 0 Å². The maximum atomic E-state index is 12.6. The molecule has 1 aromatic carbocycles. The SMILES string of the molecule is CC1CCN(C(N)=NCC#Cc2cccc(C(F)(F)F)c2)CC1.I. The van der Waals surface area contributed by atoms with E-state index in [2.05, 4.69) is 23.8 Å². The maximum Gasteiger partial charge on any atom is 0.416 e. The van der Waals surface area contributed by atoms with Gasteiger partial charge in [0.25, 0.3) is 0 Å². The third kappa shape index (κ3) is 6.23. The standard InChI is InChI=1S/C17H20F3N3.HI/c1-13-7-10-23(11-8-13)16(21)22-9-3-5-14-4-2-6-15(12-14)17(18,19)20;/h2,4,6,12-13H,7-11H2,1H3,(H2,21,22);1H. The fourth-order valence-electron chi connectivity index (χ4n) is 2.37. The summed E-state index contributed by atoms with van der Waals surface area (Å²) in [5.41, 5.74) is 5.53. The van der Waals surface area contributed by atoms with E-state index in [1.54, 1.807) is 6.07 Å². The Morgan fingerprint density at radius 2 is 2.00 bits per heavy atom. The van der Waals surface area contributed by atoms with Gasteiger partial charge in [-0.05, 0) is 37.0 Å². The molecule has 0 aliphatic carbocycles. The van der Waals surface area contributed by atoms with Gasteiger partial charge in [-0.25, -0.2) is 4.99 Å². The fourth-order valence-corrected chi connectivity index (χ4v) is 2.37. The summed E-state index contributed by atoms with van der Waals surface area (Å²) >= 11 is 0. The van der Waals surface area contributed by atoms with Crippen molar-refractivity contribution in [3.8, 4) is 11.8 Å². The Morgan fingerprint density at radius 1 is 1.33 bits per heavy atom. The molecule has 2 rings (SSSR count). The van der Waals surface area contributed by atoms with Gasteiger partial charge in [-0.2, -0.15) is 13.2 Å². The molecule has 0 aromatic heterocycles. The van der Waals surface area contributed by atoms with Crippen molar-refractivity contribution in [3.05, 3.63) is 35.4 Å². The predicted molar refractivity (Wildman–Crippen MR) is 100 cm³/mol. The van der Waals surface area contributed by atoms with Crippen LogP contribution in [0.1, 0.15) is 30.9 Å². The molecule has 0 atom stereocenters. The van der Waals surface area contributed by atoms with Crippen molar-refractivity contribution in [2.75, 3.05) is 19.6 Å². The van der Waals surface area contributed by atoms with E-state index in [4.69, 9.17) is 5.73 Å².